The zero-order chi connectivity index (χ0) is 14.8. The highest BCUT2D eigenvalue weighted by Crippen LogP contribution is 2.22. The van der Waals surface area contributed by atoms with Gasteiger partial charge in [0.25, 0.3) is 10.0 Å². The van der Waals surface area contributed by atoms with Gasteiger partial charge in [0.05, 0.1) is 12.2 Å². The van der Waals surface area contributed by atoms with Gasteiger partial charge in [0.1, 0.15) is 0 Å². The summed E-state index contributed by atoms with van der Waals surface area (Å²) in [6.07, 6.45) is 1.44. The van der Waals surface area contributed by atoms with Crippen molar-refractivity contribution < 1.29 is 13.2 Å². The highest BCUT2D eigenvalue weighted by Gasteiger charge is 2.33. The summed E-state index contributed by atoms with van der Waals surface area (Å²) in [6, 6.07) is 3.34. The van der Waals surface area contributed by atoms with Gasteiger partial charge in [0.2, 0.25) is 5.91 Å². The molecule has 2 rings (SSSR count). The van der Waals surface area contributed by atoms with Crippen LogP contribution in [0.3, 0.4) is 0 Å². The predicted molar refractivity (Wildman–Crippen MR) is 74.8 cm³/mol. The molecule has 8 heteroatoms. The van der Waals surface area contributed by atoms with E-state index in [1.54, 1.807) is 19.2 Å². The molecular weight excluding hydrogens is 280 g/mol. The third kappa shape index (κ3) is 2.75. The summed E-state index contributed by atoms with van der Waals surface area (Å²) in [5.74, 6) is -0.208. The number of carbonyl (C=O) groups is 1. The Morgan fingerprint density at radius 3 is 2.80 bits per heavy atom. The summed E-state index contributed by atoms with van der Waals surface area (Å²) in [7, 11) is -2.10. The molecule has 1 aromatic rings. The Kier molecular flexibility index (Phi) is 4.24. The smallest absolute Gasteiger partial charge is 0.263 e. The Labute approximate surface area is 118 Å². The molecule has 110 valence electrons. The van der Waals surface area contributed by atoms with Crippen molar-refractivity contribution in [3.05, 3.63) is 18.3 Å². The van der Waals surface area contributed by atoms with E-state index in [0.717, 1.165) is 0 Å². The molecule has 1 aliphatic rings. The minimum Gasteiger partial charge on any atom is -0.383 e. The molecule has 0 aromatic carbocycles. The monoisotopic (exact) mass is 298 g/mol. The van der Waals surface area contributed by atoms with E-state index >= 15 is 0 Å². The average Bonchev–Trinajstić information content (AvgIpc) is 2.42. The van der Waals surface area contributed by atoms with Crippen molar-refractivity contribution in [1.82, 2.24) is 14.2 Å². The zero-order valence-electron chi connectivity index (χ0n) is 11.5. The summed E-state index contributed by atoms with van der Waals surface area (Å²) < 4.78 is 26.4. The summed E-state index contributed by atoms with van der Waals surface area (Å²) in [5, 5.41) is 2.95. The third-order valence-electron chi connectivity index (χ3n) is 3.14. The predicted octanol–water partition coefficient (Wildman–Crippen LogP) is -0.0239. The number of likely N-dealkylation sites (N-methyl/N-ethyl adjacent to an activating group) is 1. The highest BCUT2D eigenvalue weighted by atomic mass is 32.2. The van der Waals surface area contributed by atoms with E-state index in [4.69, 9.17) is 0 Å². The first-order valence-corrected chi connectivity index (χ1v) is 7.84. The summed E-state index contributed by atoms with van der Waals surface area (Å²) in [4.78, 5) is 17.2. The molecule has 7 nitrogen and oxygen atoms in total. The Bertz CT molecular complexity index is 602. The van der Waals surface area contributed by atoms with Gasteiger partial charge in [-0.15, -0.1) is 0 Å². The molecule has 1 fully saturated rings. The average molecular weight is 298 g/mol. The van der Waals surface area contributed by atoms with Gasteiger partial charge in [0, 0.05) is 32.9 Å². The molecular formula is C12H18N4O3S. The fraction of sp³-hybridized carbons (Fsp3) is 0.500. The van der Waals surface area contributed by atoms with Gasteiger partial charge in [-0.05, 0) is 19.1 Å². The number of sulfonamides is 1. The molecule has 2 heterocycles. The van der Waals surface area contributed by atoms with Gasteiger partial charge in [-0.25, -0.2) is 13.4 Å². The number of pyridine rings is 1. The van der Waals surface area contributed by atoms with Crippen molar-refractivity contribution in [2.75, 3.05) is 38.5 Å². The van der Waals surface area contributed by atoms with E-state index in [1.807, 2.05) is 6.92 Å². The van der Waals surface area contributed by atoms with Crippen molar-refractivity contribution in [1.29, 1.82) is 0 Å². The molecule has 0 saturated carbocycles. The molecule has 0 unspecified atom stereocenters. The molecule has 0 aliphatic carbocycles. The number of hydrogen-bond donors (Lipinski definition) is 1. The molecule has 0 bridgehead atoms. The van der Waals surface area contributed by atoms with Crippen LogP contribution in [-0.4, -0.2) is 61.7 Å². The zero-order valence-corrected chi connectivity index (χ0v) is 12.4. The van der Waals surface area contributed by atoms with E-state index < -0.39 is 10.0 Å². The quantitative estimate of drug-likeness (QED) is 0.844. The van der Waals surface area contributed by atoms with E-state index in [9.17, 15) is 13.2 Å². The van der Waals surface area contributed by atoms with E-state index in [1.165, 1.54) is 15.4 Å². The van der Waals surface area contributed by atoms with Gasteiger partial charge in [-0.3, -0.25) is 4.79 Å². The molecule has 1 aliphatic heterocycles. The first kappa shape index (κ1) is 14.7. The second-order valence-electron chi connectivity index (χ2n) is 4.54. The molecule has 0 radical (unpaired) electrons. The lowest BCUT2D eigenvalue weighted by Gasteiger charge is -2.31. The Morgan fingerprint density at radius 1 is 1.40 bits per heavy atom. The van der Waals surface area contributed by atoms with Gasteiger partial charge in [-0.2, -0.15) is 4.31 Å². The Balaban J connectivity index is 2.33. The fourth-order valence-electron chi connectivity index (χ4n) is 1.99. The number of rotatable bonds is 4. The van der Waals surface area contributed by atoms with Crippen LogP contribution in [0.4, 0.5) is 5.69 Å². The fourth-order valence-corrected chi connectivity index (χ4v) is 3.44. The summed E-state index contributed by atoms with van der Waals surface area (Å²) in [6.45, 7) is 3.01. The molecule has 1 saturated heterocycles. The van der Waals surface area contributed by atoms with Crippen molar-refractivity contribution in [3.8, 4) is 0 Å². The second-order valence-corrected chi connectivity index (χ2v) is 6.39. The lowest BCUT2D eigenvalue weighted by Crippen LogP contribution is -2.50. The number of nitrogens with zero attached hydrogens (tertiary/aromatic N) is 3. The van der Waals surface area contributed by atoms with Crippen LogP contribution in [0.5, 0.6) is 0 Å². The van der Waals surface area contributed by atoms with Crippen molar-refractivity contribution in [2.24, 2.45) is 0 Å². The standard InChI is InChI=1S/C12H18N4O3S/c1-3-13-10-5-4-6-14-12(10)20(18,19)16-8-7-15(2)11(17)9-16/h4-6,13H,3,7-9H2,1-2H3. The third-order valence-corrected chi connectivity index (χ3v) is 4.95. The number of carbonyl (C=O) groups excluding carboxylic acids is 1. The number of nitrogens with one attached hydrogen (secondary N) is 1. The van der Waals surface area contributed by atoms with Gasteiger partial charge in [0.15, 0.2) is 5.03 Å². The summed E-state index contributed by atoms with van der Waals surface area (Å²) in [5.41, 5.74) is 0.460. The number of piperazine rings is 1. The lowest BCUT2D eigenvalue weighted by molar-refractivity contribution is -0.132. The number of aromatic nitrogens is 1. The van der Waals surface area contributed by atoms with Crippen LogP contribution in [0.25, 0.3) is 0 Å². The van der Waals surface area contributed by atoms with Crippen LogP contribution >= 0.6 is 0 Å². The van der Waals surface area contributed by atoms with Crippen LogP contribution in [0, 0.1) is 0 Å². The van der Waals surface area contributed by atoms with E-state index in [-0.39, 0.29) is 24.0 Å². The summed E-state index contributed by atoms with van der Waals surface area (Å²) >= 11 is 0. The normalized spacial score (nSPS) is 17.3. The number of anilines is 1. The van der Waals surface area contributed by atoms with Gasteiger partial charge >= 0.3 is 0 Å². The maximum absolute atomic E-state index is 12.6. The van der Waals surface area contributed by atoms with Crippen molar-refractivity contribution in [3.63, 3.8) is 0 Å². The molecule has 0 spiro atoms. The maximum Gasteiger partial charge on any atom is 0.263 e. The molecule has 1 aromatic heterocycles. The first-order chi connectivity index (χ1) is 9.46. The lowest BCUT2D eigenvalue weighted by atomic mass is 10.4. The minimum atomic E-state index is -3.76. The SMILES string of the molecule is CCNc1cccnc1S(=O)(=O)N1CCN(C)C(=O)C1. The molecule has 0 atom stereocenters. The van der Waals surface area contributed by atoms with Crippen LogP contribution in [0.1, 0.15) is 6.92 Å². The molecule has 1 amide bonds. The van der Waals surface area contributed by atoms with Crippen LogP contribution in [0.2, 0.25) is 0 Å². The maximum atomic E-state index is 12.6. The van der Waals surface area contributed by atoms with Crippen LogP contribution in [-0.2, 0) is 14.8 Å². The number of amides is 1. The van der Waals surface area contributed by atoms with Crippen molar-refractivity contribution >= 4 is 21.6 Å². The molecule has 20 heavy (non-hydrogen) atoms. The van der Waals surface area contributed by atoms with Gasteiger partial charge < -0.3 is 10.2 Å². The van der Waals surface area contributed by atoms with E-state index in [2.05, 4.69) is 10.3 Å². The van der Waals surface area contributed by atoms with E-state index in [0.29, 0.717) is 18.8 Å². The minimum absolute atomic E-state index is 0.0285. The van der Waals surface area contributed by atoms with Crippen LogP contribution < -0.4 is 5.32 Å². The Morgan fingerprint density at radius 2 is 2.15 bits per heavy atom. The largest absolute Gasteiger partial charge is 0.383 e. The highest BCUT2D eigenvalue weighted by molar-refractivity contribution is 7.89. The second kappa shape index (κ2) is 5.76. The Hall–Kier alpha value is -1.67. The topological polar surface area (TPSA) is 82.6 Å². The van der Waals surface area contributed by atoms with Gasteiger partial charge in [-0.1, -0.05) is 0 Å². The molecule has 1 N–H and O–H groups in total. The van der Waals surface area contributed by atoms with Crippen molar-refractivity contribution in [2.45, 2.75) is 11.9 Å². The number of hydrogen-bond acceptors (Lipinski definition) is 5. The first-order valence-electron chi connectivity index (χ1n) is 6.40. The van der Waals surface area contributed by atoms with Crippen LogP contribution in [0.15, 0.2) is 23.4 Å².